The third-order valence-electron chi connectivity index (χ3n) is 5.10. The lowest BCUT2D eigenvalue weighted by atomic mass is 9.96. The highest BCUT2D eigenvalue weighted by molar-refractivity contribution is 7.90. The topological polar surface area (TPSA) is 104 Å². The van der Waals surface area contributed by atoms with Crippen LogP contribution in [0.1, 0.15) is 56.7 Å². The Morgan fingerprint density at radius 2 is 1.75 bits per heavy atom. The van der Waals surface area contributed by atoms with Crippen molar-refractivity contribution in [2.24, 2.45) is 0 Å². The van der Waals surface area contributed by atoms with Gasteiger partial charge in [0, 0.05) is 6.26 Å². The summed E-state index contributed by atoms with van der Waals surface area (Å²) in [5.41, 5.74) is 2.14. The molecule has 1 heterocycles. The Morgan fingerprint density at radius 1 is 1.14 bits per heavy atom. The third kappa shape index (κ3) is 5.09. The summed E-state index contributed by atoms with van der Waals surface area (Å²) in [6, 6.07) is 8.67. The first kappa shape index (κ1) is 20.3. The third-order valence-corrected chi connectivity index (χ3v) is 6.23. The van der Waals surface area contributed by atoms with Crippen LogP contribution in [0.4, 0.5) is 0 Å². The van der Waals surface area contributed by atoms with Gasteiger partial charge < -0.3 is 4.84 Å². The Morgan fingerprint density at radius 3 is 2.32 bits per heavy atom. The van der Waals surface area contributed by atoms with Gasteiger partial charge in [0.05, 0.1) is 22.3 Å². The van der Waals surface area contributed by atoms with Crippen LogP contribution < -0.4 is 0 Å². The molecule has 1 saturated carbocycles. The minimum absolute atomic E-state index is 0.207. The Kier molecular flexibility index (Phi) is 6.33. The van der Waals surface area contributed by atoms with Crippen molar-refractivity contribution in [3.8, 4) is 11.3 Å². The standard InChI is InChI=1S/C19H25N3O5S/c1-28(25,26)18-11-9-15(10-12-18)19-13-16(14-27-22(23)24)20-21(19)17-7-5-3-2-4-6-8-17/h9-13,17H,2-8,14H2,1H3. The summed E-state index contributed by atoms with van der Waals surface area (Å²) < 4.78 is 25.4. The average molecular weight is 407 g/mol. The molecule has 0 N–H and O–H groups in total. The molecule has 9 heteroatoms. The lowest BCUT2D eigenvalue weighted by molar-refractivity contribution is -0.763. The molecule has 28 heavy (non-hydrogen) atoms. The molecular weight excluding hydrogens is 382 g/mol. The summed E-state index contributed by atoms with van der Waals surface area (Å²) in [5, 5.41) is 14.3. The van der Waals surface area contributed by atoms with Crippen molar-refractivity contribution < 1.29 is 18.3 Å². The zero-order valence-electron chi connectivity index (χ0n) is 15.9. The van der Waals surface area contributed by atoms with E-state index in [4.69, 9.17) is 0 Å². The summed E-state index contributed by atoms with van der Waals surface area (Å²) in [6.45, 7) is -0.207. The van der Waals surface area contributed by atoms with E-state index < -0.39 is 14.9 Å². The predicted octanol–water partition coefficient (Wildman–Crippen LogP) is 3.95. The minimum atomic E-state index is -3.27. The SMILES string of the molecule is CS(=O)(=O)c1ccc(-c2cc(CO[N+](=O)[O-])nn2C2CCCCCCC2)cc1. The molecule has 1 fully saturated rings. The van der Waals surface area contributed by atoms with Crippen LogP contribution in [0.5, 0.6) is 0 Å². The summed E-state index contributed by atoms with van der Waals surface area (Å²) in [6.07, 6.45) is 9.09. The minimum Gasteiger partial charge on any atom is -0.307 e. The van der Waals surface area contributed by atoms with Crippen LogP contribution in [0.3, 0.4) is 0 Å². The first-order valence-electron chi connectivity index (χ1n) is 9.51. The fourth-order valence-corrected chi connectivity index (χ4v) is 4.31. The number of hydrogen-bond donors (Lipinski definition) is 0. The molecule has 152 valence electrons. The van der Waals surface area contributed by atoms with Crippen LogP contribution in [0, 0.1) is 10.1 Å². The number of benzene rings is 1. The highest BCUT2D eigenvalue weighted by atomic mass is 32.2. The maximum Gasteiger partial charge on any atom is 0.294 e. The molecule has 1 aromatic heterocycles. The summed E-state index contributed by atoms with van der Waals surface area (Å²) in [7, 11) is -3.27. The van der Waals surface area contributed by atoms with Gasteiger partial charge in [-0.05, 0) is 36.6 Å². The molecule has 0 radical (unpaired) electrons. The fourth-order valence-electron chi connectivity index (χ4n) is 3.68. The number of hydrogen-bond acceptors (Lipinski definition) is 6. The molecular formula is C19H25N3O5S. The van der Waals surface area contributed by atoms with E-state index >= 15 is 0 Å². The molecule has 0 spiro atoms. The number of aromatic nitrogens is 2. The molecule has 0 unspecified atom stereocenters. The molecule has 0 saturated heterocycles. The quantitative estimate of drug-likeness (QED) is 0.530. The van der Waals surface area contributed by atoms with Gasteiger partial charge in [-0.2, -0.15) is 5.10 Å². The highest BCUT2D eigenvalue weighted by Crippen LogP contribution is 2.32. The van der Waals surface area contributed by atoms with Gasteiger partial charge in [0.25, 0.3) is 5.09 Å². The largest absolute Gasteiger partial charge is 0.307 e. The molecule has 0 aliphatic heterocycles. The van der Waals surface area contributed by atoms with Gasteiger partial charge in [0.15, 0.2) is 9.84 Å². The van der Waals surface area contributed by atoms with Crippen molar-refractivity contribution in [1.82, 2.24) is 9.78 Å². The van der Waals surface area contributed by atoms with Gasteiger partial charge in [-0.3, -0.25) is 4.68 Å². The van der Waals surface area contributed by atoms with E-state index in [9.17, 15) is 18.5 Å². The Labute approximate surface area is 164 Å². The van der Waals surface area contributed by atoms with Crippen LogP contribution in [0.25, 0.3) is 11.3 Å². The second kappa shape index (κ2) is 8.72. The molecule has 0 atom stereocenters. The van der Waals surface area contributed by atoms with Crippen LogP contribution in [-0.4, -0.2) is 29.5 Å². The van der Waals surface area contributed by atoms with Crippen LogP contribution in [0.2, 0.25) is 0 Å². The van der Waals surface area contributed by atoms with Crippen molar-refractivity contribution in [2.75, 3.05) is 6.26 Å². The molecule has 3 rings (SSSR count). The number of sulfone groups is 1. The average Bonchev–Trinajstić information content (AvgIpc) is 3.03. The van der Waals surface area contributed by atoms with Crippen LogP contribution in [-0.2, 0) is 21.3 Å². The van der Waals surface area contributed by atoms with E-state index in [0.717, 1.165) is 36.9 Å². The molecule has 0 amide bonds. The second-order valence-electron chi connectivity index (χ2n) is 7.26. The molecule has 1 aromatic carbocycles. The zero-order valence-corrected chi connectivity index (χ0v) is 16.7. The fraction of sp³-hybridized carbons (Fsp3) is 0.526. The summed E-state index contributed by atoms with van der Waals surface area (Å²) >= 11 is 0. The van der Waals surface area contributed by atoms with Crippen molar-refractivity contribution in [3.05, 3.63) is 46.1 Å². The summed E-state index contributed by atoms with van der Waals surface area (Å²) in [5.74, 6) is 0. The van der Waals surface area contributed by atoms with E-state index in [1.165, 1.54) is 25.5 Å². The van der Waals surface area contributed by atoms with Gasteiger partial charge >= 0.3 is 0 Å². The zero-order chi connectivity index (χ0) is 20.1. The van der Waals surface area contributed by atoms with Crippen LogP contribution >= 0.6 is 0 Å². The van der Waals surface area contributed by atoms with Crippen molar-refractivity contribution in [3.63, 3.8) is 0 Å². The smallest absolute Gasteiger partial charge is 0.294 e. The lowest BCUT2D eigenvalue weighted by Gasteiger charge is -2.22. The van der Waals surface area contributed by atoms with Crippen molar-refractivity contribution >= 4 is 9.84 Å². The van der Waals surface area contributed by atoms with Gasteiger partial charge in [-0.15, -0.1) is 10.1 Å². The van der Waals surface area contributed by atoms with E-state index in [2.05, 4.69) is 9.94 Å². The first-order chi connectivity index (χ1) is 13.3. The van der Waals surface area contributed by atoms with Crippen molar-refractivity contribution in [2.45, 2.75) is 62.5 Å². The molecule has 1 aliphatic rings. The Balaban J connectivity index is 1.95. The normalized spacial score (nSPS) is 16.3. The second-order valence-corrected chi connectivity index (χ2v) is 9.27. The summed E-state index contributed by atoms with van der Waals surface area (Å²) in [4.78, 5) is 15.3. The van der Waals surface area contributed by atoms with Crippen LogP contribution in [0.15, 0.2) is 35.2 Å². The number of rotatable bonds is 6. The maximum atomic E-state index is 11.7. The van der Waals surface area contributed by atoms with E-state index in [0.29, 0.717) is 5.69 Å². The Hall–Kier alpha value is -2.42. The first-order valence-corrected chi connectivity index (χ1v) is 11.4. The Bertz CT molecular complexity index is 914. The van der Waals surface area contributed by atoms with Gasteiger partial charge in [0.1, 0.15) is 6.61 Å². The van der Waals surface area contributed by atoms with Gasteiger partial charge in [-0.25, -0.2) is 8.42 Å². The molecule has 8 nitrogen and oxygen atoms in total. The van der Waals surface area contributed by atoms with E-state index in [1.54, 1.807) is 30.3 Å². The van der Waals surface area contributed by atoms with Gasteiger partial charge in [0.2, 0.25) is 0 Å². The molecule has 2 aromatic rings. The van der Waals surface area contributed by atoms with E-state index in [-0.39, 0.29) is 17.5 Å². The molecule has 1 aliphatic carbocycles. The maximum absolute atomic E-state index is 11.7. The monoisotopic (exact) mass is 407 g/mol. The molecule has 0 bridgehead atoms. The lowest BCUT2D eigenvalue weighted by Crippen LogP contribution is -2.14. The van der Waals surface area contributed by atoms with Crippen molar-refractivity contribution in [1.29, 1.82) is 0 Å². The predicted molar refractivity (Wildman–Crippen MR) is 104 cm³/mol. The highest BCUT2D eigenvalue weighted by Gasteiger charge is 2.20. The van der Waals surface area contributed by atoms with Gasteiger partial charge in [-0.1, -0.05) is 44.2 Å². The van der Waals surface area contributed by atoms with E-state index in [1.807, 2.05) is 4.68 Å². The number of nitrogens with zero attached hydrogens (tertiary/aromatic N) is 3.